The van der Waals surface area contributed by atoms with Crippen LogP contribution in [0.2, 0.25) is 0 Å². The smallest absolute Gasteiger partial charge is 0.254 e. The highest BCUT2D eigenvalue weighted by Crippen LogP contribution is 2.40. The number of hydrogen-bond acceptors (Lipinski definition) is 5. The van der Waals surface area contributed by atoms with E-state index in [1.165, 1.54) is 4.90 Å². The third kappa shape index (κ3) is 3.85. The van der Waals surface area contributed by atoms with E-state index in [-0.39, 0.29) is 5.91 Å². The highest BCUT2D eigenvalue weighted by Gasteiger charge is 2.22. The molecule has 0 spiro atoms. The van der Waals surface area contributed by atoms with Gasteiger partial charge in [-0.3, -0.25) is 4.79 Å². The molecule has 132 valence electrons. The number of methoxy groups -OCH3 is 1. The molecule has 5 nitrogen and oxygen atoms in total. The number of ether oxygens (including phenoxy) is 3. The number of fused-ring (bicyclic) bond motifs is 1. The molecular formula is C19H21NO4S. The first-order valence-corrected chi connectivity index (χ1v) is 9.21. The van der Waals surface area contributed by atoms with Gasteiger partial charge in [-0.25, -0.2) is 0 Å². The summed E-state index contributed by atoms with van der Waals surface area (Å²) in [6, 6.07) is 11.6. The average molecular weight is 359 g/mol. The van der Waals surface area contributed by atoms with E-state index in [4.69, 9.17) is 14.2 Å². The number of benzene rings is 2. The summed E-state index contributed by atoms with van der Waals surface area (Å²) in [6.45, 7) is 1.47. The molecule has 25 heavy (non-hydrogen) atoms. The summed E-state index contributed by atoms with van der Waals surface area (Å²) in [5.41, 5.74) is 1.60. The summed E-state index contributed by atoms with van der Waals surface area (Å²) in [4.78, 5) is 15.7. The van der Waals surface area contributed by atoms with Crippen LogP contribution in [0.1, 0.15) is 15.9 Å². The van der Waals surface area contributed by atoms with E-state index in [1.54, 1.807) is 43.0 Å². The van der Waals surface area contributed by atoms with Crippen LogP contribution in [-0.4, -0.2) is 44.4 Å². The number of rotatable bonds is 5. The van der Waals surface area contributed by atoms with Crippen LogP contribution in [0.3, 0.4) is 0 Å². The van der Waals surface area contributed by atoms with E-state index >= 15 is 0 Å². The quantitative estimate of drug-likeness (QED) is 0.765. The van der Waals surface area contributed by atoms with Gasteiger partial charge in [-0.15, -0.1) is 11.8 Å². The first-order chi connectivity index (χ1) is 12.1. The Labute approximate surface area is 151 Å². The Kier molecular flexibility index (Phi) is 5.38. The third-order valence-corrected chi connectivity index (χ3v) is 4.74. The Balaban J connectivity index is 1.79. The van der Waals surface area contributed by atoms with Crippen LogP contribution < -0.4 is 14.2 Å². The van der Waals surface area contributed by atoms with Crippen molar-refractivity contribution in [2.45, 2.75) is 11.4 Å². The molecule has 0 unspecified atom stereocenters. The van der Waals surface area contributed by atoms with Gasteiger partial charge in [-0.1, -0.05) is 12.1 Å². The molecule has 1 aliphatic rings. The molecule has 1 heterocycles. The fourth-order valence-electron chi connectivity index (χ4n) is 2.69. The molecule has 0 aliphatic carbocycles. The molecule has 6 heteroatoms. The molecule has 0 saturated carbocycles. The lowest BCUT2D eigenvalue weighted by atomic mass is 10.1. The van der Waals surface area contributed by atoms with Crippen LogP contribution in [0.15, 0.2) is 41.3 Å². The molecule has 0 radical (unpaired) electrons. The number of hydrogen-bond donors (Lipinski definition) is 0. The minimum Gasteiger partial charge on any atom is -0.493 e. The van der Waals surface area contributed by atoms with E-state index in [2.05, 4.69) is 12.1 Å². The van der Waals surface area contributed by atoms with Gasteiger partial charge in [0.1, 0.15) is 13.2 Å². The van der Waals surface area contributed by atoms with Crippen LogP contribution >= 0.6 is 11.8 Å². The standard InChI is InChI=1S/C19H21NO4S/c1-20(12-13-4-6-15(25-3)7-5-13)19(21)14-10-16(22-2)18-17(11-14)23-8-9-24-18/h4-7,10-11H,8-9,12H2,1-3H3. The zero-order valence-corrected chi connectivity index (χ0v) is 15.4. The molecule has 0 bridgehead atoms. The van der Waals surface area contributed by atoms with Crippen LogP contribution in [0.4, 0.5) is 0 Å². The fourth-order valence-corrected chi connectivity index (χ4v) is 3.10. The van der Waals surface area contributed by atoms with Gasteiger partial charge in [0, 0.05) is 24.1 Å². The van der Waals surface area contributed by atoms with Crippen LogP contribution in [0.5, 0.6) is 17.2 Å². The molecule has 0 aromatic heterocycles. The minimum absolute atomic E-state index is 0.0933. The first-order valence-electron chi connectivity index (χ1n) is 7.98. The van der Waals surface area contributed by atoms with Crippen LogP contribution in [0.25, 0.3) is 0 Å². The summed E-state index contributed by atoms with van der Waals surface area (Å²) in [5, 5.41) is 0. The molecule has 1 aliphatic heterocycles. The molecule has 0 saturated heterocycles. The Morgan fingerprint density at radius 3 is 2.60 bits per heavy atom. The lowest BCUT2D eigenvalue weighted by Crippen LogP contribution is -2.26. The number of carbonyl (C=O) groups excluding carboxylic acids is 1. The maximum Gasteiger partial charge on any atom is 0.254 e. The molecule has 0 N–H and O–H groups in total. The number of carbonyl (C=O) groups is 1. The minimum atomic E-state index is -0.0933. The van der Waals surface area contributed by atoms with Crippen molar-refractivity contribution in [1.82, 2.24) is 4.90 Å². The van der Waals surface area contributed by atoms with Crippen molar-refractivity contribution in [3.8, 4) is 17.2 Å². The van der Waals surface area contributed by atoms with Crippen LogP contribution in [0, 0.1) is 0 Å². The first kappa shape index (κ1) is 17.5. The molecule has 2 aromatic carbocycles. The summed E-state index contributed by atoms with van der Waals surface area (Å²) in [7, 11) is 3.34. The SMILES string of the molecule is COc1cc(C(=O)N(C)Cc2ccc(SC)cc2)cc2c1OCCO2. The van der Waals surface area contributed by atoms with Crippen molar-refractivity contribution in [2.24, 2.45) is 0 Å². The second-order valence-electron chi connectivity index (χ2n) is 5.71. The zero-order chi connectivity index (χ0) is 17.8. The largest absolute Gasteiger partial charge is 0.493 e. The Hall–Kier alpha value is -2.34. The molecule has 1 amide bonds. The summed E-state index contributed by atoms with van der Waals surface area (Å²) < 4.78 is 16.5. The molecule has 2 aromatic rings. The van der Waals surface area contributed by atoms with E-state index in [9.17, 15) is 4.79 Å². The van der Waals surface area contributed by atoms with Gasteiger partial charge in [0.2, 0.25) is 5.75 Å². The van der Waals surface area contributed by atoms with Gasteiger partial charge in [-0.05, 0) is 36.1 Å². The zero-order valence-electron chi connectivity index (χ0n) is 14.6. The van der Waals surface area contributed by atoms with Gasteiger partial charge in [0.25, 0.3) is 5.91 Å². The molecule has 0 fully saturated rings. The van der Waals surface area contributed by atoms with Crippen molar-refractivity contribution < 1.29 is 19.0 Å². The maximum atomic E-state index is 12.8. The molecular weight excluding hydrogens is 338 g/mol. The van der Waals surface area contributed by atoms with E-state index in [0.29, 0.717) is 42.6 Å². The Morgan fingerprint density at radius 2 is 1.92 bits per heavy atom. The number of nitrogens with zero attached hydrogens (tertiary/aromatic N) is 1. The Morgan fingerprint density at radius 1 is 1.20 bits per heavy atom. The summed E-state index contributed by atoms with van der Waals surface area (Å²) in [5.74, 6) is 1.52. The van der Waals surface area contributed by atoms with Gasteiger partial charge in [0.05, 0.1) is 7.11 Å². The monoisotopic (exact) mass is 359 g/mol. The van der Waals surface area contributed by atoms with Gasteiger partial charge >= 0.3 is 0 Å². The van der Waals surface area contributed by atoms with E-state index in [0.717, 1.165) is 5.56 Å². The average Bonchev–Trinajstić information content (AvgIpc) is 2.67. The van der Waals surface area contributed by atoms with Gasteiger partial charge < -0.3 is 19.1 Å². The number of amides is 1. The third-order valence-electron chi connectivity index (χ3n) is 4.00. The number of thioether (sulfide) groups is 1. The topological polar surface area (TPSA) is 48.0 Å². The predicted molar refractivity (Wildman–Crippen MR) is 98.0 cm³/mol. The van der Waals surface area contributed by atoms with E-state index < -0.39 is 0 Å². The lowest BCUT2D eigenvalue weighted by Gasteiger charge is -2.23. The Bertz CT molecular complexity index is 744. The summed E-state index contributed by atoms with van der Waals surface area (Å²) in [6.07, 6.45) is 2.04. The highest BCUT2D eigenvalue weighted by molar-refractivity contribution is 7.98. The van der Waals surface area contributed by atoms with Crippen molar-refractivity contribution in [2.75, 3.05) is 33.6 Å². The van der Waals surface area contributed by atoms with Crippen LogP contribution in [-0.2, 0) is 6.54 Å². The fraction of sp³-hybridized carbons (Fsp3) is 0.316. The normalized spacial score (nSPS) is 12.6. The molecule has 0 atom stereocenters. The van der Waals surface area contributed by atoms with Gasteiger partial charge in [-0.2, -0.15) is 0 Å². The second-order valence-corrected chi connectivity index (χ2v) is 6.59. The van der Waals surface area contributed by atoms with Crippen molar-refractivity contribution in [1.29, 1.82) is 0 Å². The van der Waals surface area contributed by atoms with E-state index in [1.807, 2.05) is 18.4 Å². The molecule has 3 rings (SSSR count). The second kappa shape index (κ2) is 7.70. The van der Waals surface area contributed by atoms with Crippen molar-refractivity contribution in [3.63, 3.8) is 0 Å². The lowest BCUT2D eigenvalue weighted by molar-refractivity contribution is 0.0783. The van der Waals surface area contributed by atoms with Gasteiger partial charge in [0.15, 0.2) is 11.5 Å². The predicted octanol–water partition coefficient (Wildman–Crippen LogP) is 3.46. The maximum absolute atomic E-state index is 12.8. The highest BCUT2D eigenvalue weighted by atomic mass is 32.2. The van der Waals surface area contributed by atoms with Crippen molar-refractivity contribution in [3.05, 3.63) is 47.5 Å². The summed E-state index contributed by atoms with van der Waals surface area (Å²) >= 11 is 1.70. The van der Waals surface area contributed by atoms with Crippen molar-refractivity contribution >= 4 is 17.7 Å².